The number of nitrogens with zero attached hydrogens (tertiary/aromatic N) is 1. The Morgan fingerprint density at radius 1 is 1.10 bits per heavy atom. The quantitative estimate of drug-likeness (QED) is 0.409. The van der Waals surface area contributed by atoms with E-state index in [1.807, 2.05) is 24.3 Å². The molecule has 1 N–H and O–H groups in total. The van der Waals surface area contributed by atoms with Gasteiger partial charge in [0.05, 0.1) is 5.39 Å². The maximum Gasteiger partial charge on any atom is 0.260 e. The van der Waals surface area contributed by atoms with Gasteiger partial charge in [-0.05, 0) is 41.2 Å². The second-order valence-corrected chi connectivity index (χ2v) is 10.00. The highest BCUT2D eigenvalue weighted by atomic mass is 35.5. The van der Waals surface area contributed by atoms with E-state index >= 15 is 0 Å². The molecular weight excluding hydrogens is 400 g/mol. The minimum Gasteiger partial charge on any atom is -0.310 e. The second-order valence-electron chi connectivity index (χ2n) is 8.36. The Kier molecular flexibility index (Phi) is 5.09. The van der Waals surface area contributed by atoms with E-state index in [1.165, 1.54) is 5.56 Å². The first-order chi connectivity index (χ1) is 13.7. The van der Waals surface area contributed by atoms with Gasteiger partial charge in [0.1, 0.15) is 10.7 Å². The molecule has 2 aromatic heterocycles. The summed E-state index contributed by atoms with van der Waals surface area (Å²) in [4.78, 5) is 22.6. The standard InChI is InChI=1S/C24H23ClN2OS/c1-14-20(16-8-10-17(11-9-16)24(2,3)4)21-22(28)26-19(27-23(21)29-14)13-15-6-5-7-18(25)12-15/h5-12H,13H2,1-4H3,(H,26,27,28). The average Bonchev–Trinajstić information content (AvgIpc) is 2.97. The molecule has 0 bridgehead atoms. The second kappa shape index (κ2) is 7.43. The van der Waals surface area contributed by atoms with Gasteiger partial charge in [-0.1, -0.05) is 68.8 Å². The molecule has 0 aliphatic heterocycles. The van der Waals surface area contributed by atoms with Crippen LogP contribution in [-0.2, 0) is 11.8 Å². The van der Waals surface area contributed by atoms with Crippen LogP contribution in [-0.4, -0.2) is 9.97 Å². The third-order valence-electron chi connectivity index (χ3n) is 5.09. The summed E-state index contributed by atoms with van der Waals surface area (Å²) < 4.78 is 0. The molecule has 0 fully saturated rings. The van der Waals surface area contributed by atoms with E-state index in [4.69, 9.17) is 16.6 Å². The van der Waals surface area contributed by atoms with Crippen molar-refractivity contribution in [3.8, 4) is 11.1 Å². The van der Waals surface area contributed by atoms with Crippen molar-refractivity contribution >= 4 is 33.2 Å². The summed E-state index contributed by atoms with van der Waals surface area (Å²) in [6.45, 7) is 8.64. The SMILES string of the molecule is Cc1sc2nc(Cc3cccc(Cl)c3)[nH]c(=O)c2c1-c1ccc(C(C)(C)C)cc1. The largest absolute Gasteiger partial charge is 0.310 e. The lowest BCUT2D eigenvalue weighted by molar-refractivity contribution is 0.590. The molecule has 148 valence electrons. The molecule has 3 nitrogen and oxygen atoms in total. The Bertz CT molecular complexity index is 1250. The average molecular weight is 423 g/mol. The van der Waals surface area contributed by atoms with Crippen molar-refractivity contribution in [3.63, 3.8) is 0 Å². The fraction of sp³-hybridized carbons (Fsp3) is 0.250. The number of aromatic amines is 1. The fourth-order valence-corrected chi connectivity index (χ4v) is 4.85. The number of fused-ring (bicyclic) bond motifs is 1. The fourth-order valence-electron chi connectivity index (χ4n) is 3.57. The maximum atomic E-state index is 13.0. The Morgan fingerprint density at radius 2 is 1.83 bits per heavy atom. The number of nitrogens with one attached hydrogen (secondary N) is 1. The van der Waals surface area contributed by atoms with E-state index < -0.39 is 0 Å². The third kappa shape index (κ3) is 4.00. The van der Waals surface area contributed by atoms with E-state index in [0.29, 0.717) is 22.7 Å². The molecule has 4 rings (SSSR count). The highest BCUT2D eigenvalue weighted by molar-refractivity contribution is 7.19. The molecule has 0 saturated heterocycles. The Labute approximate surface area is 179 Å². The molecule has 29 heavy (non-hydrogen) atoms. The van der Waals surface area contributed by atoms with E-state index in [1.54, 1.807) is 11.3 Å². The van der Waals surface area contributed by atoms with Gasteiger partial charge in [-0.2, -0.15) is 0 Å². The molecule has 2 heterocycles. The van der Waals surface area contributed by atoms with Crippen LogP contribution in [0.1, 0.15) is 42.6 Å². The van der Waals surface area contributed by atoms with Crippen molar-refractivity contribution < 1.29 is 0 Å². The highest BCUT2D eigenvalue weighted by Gasteiger charge is 2.18. The van der Waals surface area contributed by atoms with Crippen LogP contribution in [0.4, 0.5) is 0 Å². The van der Waals surface area contributed by atoms with Gasteiger partial charge in [0, 0.05) is 21.9 Å². The monoisotopic (exact) mass is 422 g/mol. The number of rotatable bonds is 3. The van der Waals surface area contributed by atoms with Gasteiger partial charge in [-0.15, -0.1) is 11.3 Å². The van der Waals surface area contributed by atoms with Crippen LogP contribution in [0.15, 0.2) is 53.3 Å². The van der Waals surface area contributed by atoms with Gasteiger partial charge in [-0.25, -0.2) is 4.98 Å². The molecule has 0 atom stereocenters. The summed E-state index contributed by atoms with van der Waals surface area (Å²) in [5, 5.41) is 1.35. The van der Waals surface area contributed by atoms with Gasteiger partial charge in [0.2, 0.25) is 0 Å². The summed E-state index contributed by atoms with van der Waals surface area (Å²) >= 11 is 7.65. The van der Waals surface area contributed by atoms with Crippen molar-refractivity contribution in [2.75, 3.05) is 0 Å². The summed E-state index contributed by atoms with van der Waals surface area (Å²) in [6, 6.07) is 16.1. The molecule has 0 aliphatic carbocycles. The van der Waals surface area contributed by atoms with Crippen LogP contribution < -0.4 is 5.56 Å². The van der Waals surface area contributed by atoms with Gasteiger partial charge in [-0.3, -0.25) is 4.79 Å². The topological polar surface area (TPSA) is 45.8 Å². The van der Waals surface area contributed by atoms with Gasteiger partial charge < -0.3 is 4.98 Å². The van der Waals surface area contributed by atoms with E-state index in [9.17, 15) is 4.79 Å². The zero-order chi connectivity index (χ0) is 20.8. The Hall–Kier alpha value is -2.43. The number of halogens is 1. The summed E-state index contributed by atoms with van der Waals surface area (Å²) in [5.74, 6) is 0.653. The van der Waals surface area contributed by atoms with Crippen LogP contribution in [0.25, 0.3) is 21.3 Å². The molecule has 0 spiro atoms. The smallest absolute Gasteiger partial charge is 0.260 e. The van der Waals surface area contributed by atoms with E-state index in [-0.39, 0.29) is 11.0 Å². The van der Waals surface area contributed by atoms with Gasteiger partial charge in [0.25, 0.3) is 5.56 Å². The summed E-state index contributed by atoms with van der Waals surface area (Å²) in [7, 11) is 0. The number of thiophene rings is 1. The van der Waals surface area contributed by atoms with Crippen LogP contribution in [0.5, 0.6) is 0 Å². The summed E-state index contributed by atoms with van der Waals surface area (Å²) in [5.41, 5.74) is 4.33. The van der Waals surface area contributed by atoms with Crippen LogP contribution in [0, 0.1) is 6.92 Å². The first kappa shape index (κ1) is 19.9. The molecule has 0 radical (unpaired) electrons. The van der Waals surface area contributed by atoms with Crippen molar-refractivity contribution in [2.24, 2.45) is 0 Å². The molecular formula is C24H23ClN2OS. The molecule has 0 unspecified atom stereocenters. The van der Waals surface area contributed by atoms with Crippen molar-refractivity contribution in [1.82, 2.24) is 9.97 Å². The van der Waals surface area contributed by atoms with E-state index in [2.05, 4.69) is 56.9 Å². The third-order valence-corrected chi connectivity index (χ3v) is 6.32. The number of hydrogen-bond acceptors (Lipinski definition) is 3. The van der Waals surface area contributed by atoms with Gasteiger partial charge in [0.15, 0.2) is 0 Å². The number of hydrogen-bond donors (Lipinski definition) is 1. The lowest BCUT2D eigenvalue weighted by Crippen LogP contribution is -2.12. The van der Waals surface area contributed by atoms with Crippen LogP contribution >= 0.6 is 22.9 Å². The lowest BCUT2D eigenvalue weighted by Gasteiger charge is -2.19. The predicted octanol–water partition coefficient (Wildman–Crippen LogP) is 6.50. The van der Waals surface area contributed by atoms with Crippen molar-refractivity contribution in [1.29, 1.82) is 0 Å². The molecule has 0 saturated carbocycles. The molecule has 0 amide bonds. The van der Waals surface area contributed by atoms with Crippen molar-refractivity contribution in [3.05, 3.63) is 85.7 Å². The highest BCUT2D eigenvalue weighted by Crippen LogP contribution is 2.36. The normalized spacial score (nSPS) is 11.9. The minimum atomic E-state index is -0.0914. The molecule has 2 aromatic carbocycles. The zero-order valence-corrected chi connectivity index (χ0v) is 18.5. The maximum absolute atomic E-state index is 13.0. The lowest BCUT2D eigenvalue weighted by atomic mass is 9.86. The van der Waals surface area contributed by atoms with Crippen LogP contribution in [0.3, 0.4) is 0 Å². The first-order valence-corrected chi connectivity index (χ1v) is 10.8. The van der Waals surface area contributed by atoms with Gasteiger partial charge >= 0.3 is 0 Å². The van der Waals surface area contributed by atoms with Crippen molar-refractivity contribution in [2.45, 2.75) is 39.5 Å². The predicted molar refractivity (Wildman–Crippen MR) is 123 cm³/mol. The molecule has 0 aliphatic rings. The number of benzene rings is 2. The number of aromatic nitrogens is 2. The number of aryl methyl sites for hydroxylation is 1. The molecule has 5 heteroatoms. The number of H-pyrrole nitrogens is 1. The Balaban J connectivity index is 1.77. The van der Waals surface area contributed by atoms with Crippen LogP contribution in [0.2, 0.25) is 5.02 Å². The van der Waals surface area contributed by atoms with E-state index in [0.717, 1.165) is 26.4 Å². The first-order valence-electron chi connectivity index (χ1n) is 9.60. The Morgan fingerprint density at radius 3 is 2.48 bits per heavy atom. The minimum absolute atomic E-state index is 0.0914. The summed E-state index contributed by atoms with van der Waals surface area (Å²) in [6.07, 6.45) is 0.540. The molecule has 4 aromatic rings. The zero-order valence-electron chi connectivity index (χ0n) is 17.0.